The highest BCUT2D eigenvalue weighted by atomic mass is 16.9. The molecule has 1 atom stereocenters. The summed E-state index contributed by atoms with van der Waals surface area (Å²) in [5.74, 6) is 0.330. The number of carbonyl (C=O) groups excluding carboxylic acids is 1. The minimum atomic E-state index is -0.882. The number of hydrogen-bond acceptors (Lipinski definition) is 7. The zero-order valence-corrected chi connectivity index (χ0v) is 14.4. The van der Waals surface area contributed by atoms with Crippen LogP contribution in [0.5, 0.6) is 5.75 Å². The first-order chi connectivity index (χ1) is 11.9. The number of hydrogen-bond donors (Lipinski definition) is 3. The Morgan fingerprint density at radius 3 is 2.60 bits per heavy atom. The second-order valence-corrected chi connectivity index (χ2v) is 5.76. The van der Waals surface area contributed by atoms with E-state index in [0.717, 1.165) is 0 Å². The number of aliphatic hydroxyl groups excluding tert-OH is 1. The van der Waals surface area contributed by atoms with Gasteiger partial charge in [-0.1, -0.05) is 13.8 Å². The molecule has 1 aromatic carbocycles. The molecule has 1 aromatic rings. The van der Waals surface area contributed by atoms with Crippen LogP contribution in [-0.2, 0) is 9.63 Å². The summed E-state index contributed by atoms with van der Waals surface area (Å²) >= 11 is 0. The summed E-state index contributed by atoms with van der Waals surface area (Å²) in [6.45, 7) is 4.50. The molecule has 140 valence electrons. The van der Waals surface area contributed by atoms with Gasteiger partial charge in [0.25, 0.3) is 5.09 Å². The largest absolute Gasteiger partial charge is 0.491 e. The third-order valence-electron chi connectivity index (χ3n) is 3.09. The van der Waals surface area contributed by atoms with Crippen molar-refractivity contribution in [3.8, 4) is 5.75 Å². The third kappa shape index (κ3) is 10.2. The van der Waals surface area contributed by atoms with Crippen molar-refractivity contribution in [1.82, 2.24) is 5.32 Å². The van der Waals surface area contributed by atoms with E-state index < -0.39 is 11.2 Å². The third-order valence-corrected chi connectivity index (χ3v) is 3.09. The van der Waals surface area contributed by atoms with Crippen LogP contribution in [0.15, 0.2) is 24.3 Å². The van der Waals surface area contributed by atoms with Crippen LogP contribution in [0.3, 0.4) is 0 Å². The van der Waals surface area contributed by atoms with Gasteiger partial charge in [0.15, 0.2) is 0 Å². The van der Waals surface area contributed by atoms with E-state index in [1.807, 2.05) is 13.8 Å². The fourth-order valence-corrected chi connectivity index (χ4v) is 1.85. The Labute approximate surface area is 146 Å². The zero-order valence-electron chi connectivity index (χ0n) is 14.4. The first-order valence-corrected chi connectivity index (χ1v) is 8.08. The fraction of sp³-hybridized carbons (Fsp3) is 0.562. The van der Waals surface area contributed by atoms with Crippen LogP contribution in [0.1, 0.15) is 26.7 Å². The molecular formula is C16H25N3O6. The second kappa shape index (κ2) is 11.2. The molecule has 1 amide bonds. The summed E-state index contributed by atoms with van der Waals surface area (Å²) in [4.78, 5) is 25.8. The number of ether oxygens (including phenoxy) is 1. The predicted octanol–water partition coefficient (Wildman–Crippen LogP) is 1.35. The van der Waals surface area contributed by atoms with Crippen LogP contribution in [-0.4, -0.2) is 48.0 Å². The summed E-state index contributed by atoms with van der Waals surface area (Å²) in [6.07, 6.45) is -0.222. The average molecular weight is 355 g/mol. The van der Waals surface area contributed by atoms with E-state index >= 15 is 0 Å². The van der Waals surface area contributed by atoms with Crippen molar-refractivity contribution in [3.63, 3.8) is 0 Å². The van der Waals surface area contributed by atoms with E-state index in [2.05, 4.69) is 15.5 Å². The van der Waals surface area contributed by atoms with Crippen molar-refractivity contribution in [2.24, 2.45) is 0 Å². The average Bonchev–Trinajstić information content (AvgIpc) is 2.56. The van der Waals surface area contributed by atoms with Gasteiger partial charge in [-0.3, -0.25) is 4.79 Å². The number of benzene rings is 1. The lowest BCUT2D eigenvalue weighted by Crippen LogP contribution is -2.35. The van der Waals surface area contributed by atoms with Crippen molar-refractivity contribution in [2.45, 2.75) is 38.8 Å². The van der Waals surface area contributed by atoms with Gasteiger partial charge in [0.1, 0.15) is 18.5 Å². The maximum Gasteiger partial charge on any atom is 0.294 e. The summed E-state index contributed by atoms with van der Waals surface area (Å²) in [5.41, 5.74) is 0.592. The van der Waals surface area contributed by atoms with Gasteiger partial charge in [-0.05, 0) is 30.7 Å². The van der Waals surface area contributed by atoms with Gasteiger partial charge in [-0.2, -0.15) is 0 Å². The molecule has 0 fully saturated rings. The Balaban J connectivity index is 2.28. The Morgan fingerprint density at radius 2 is 2.00 bits per heavy atom. The van der Waals surface area contributed by atoms with Gasteiger partial charge in [0.2, 0.25) is 5.91 Å². The number of rotatable bonds is 12. The first kappa shape index (κ1) is 20.7. The maximum absolute atomic E-state index is 11.7. The molecule has 0 radical (unpaired) electrons. The van der Waals surface area contributed by atoms with Crippen LogP contribution < -0.4 is 15.4 Å². The minimum Gasteiger partial charge on any atom is -0.491 e. The Kier molecular flexibility index (Phi) is 9.26. The highest BCUT2D eigenvalue weighted by molar-refractivity contribution is 5.90. The van der Waals surface area contributed by atoms with Gasteiger partial charge in [-0.25, -0.2) is 0 Å². The molecule has 3 N–H and O–H groups in total. The predicted molar refractivity (Wildman–Crippen MR) is 91.9 cm³/mol. The van der Waals surface area contributed by atoms with Crippen molar-refractivity contribution in [2.75, 3.05) is 25.1 Å². The molecule has 0 aromatic heterocycles. The van der Waals surface area contributed by atoms with Gasteiger partial charge in [0, 0.05) is 24.7 Å². The molecule has 9 nitrogen and oxygen atoms in total. The topological polar surface area (TPSA) is 123 Å². The van der Waals surface area contributed by atoms with E-state index in [1.165, 1.54) is 0 Å². The van der Waals surface area contributed by atoms with Gasteiger partial charge >= 0.3 is 0 Å². The summed E-state index contributed by atoms with van der Waals surface area (Å²) in [7, 11) is 0. The molecule has 9 heteroatoms. The quantitative estimate of drug-likeness (QED) is 0.294. The summed E-state index contributed by atoms with van der Waals surface area (Å²) in [6, 6.07) is 7.03. The van der Waals surface area contributed by atoms with E-state index in [4.69, 9.17) is 4.74 Å². The lowest BCUT2D eigenvalue weighted by atomic mass is 10.2. The summed E-state index contributed by atoms with van der Waals surface area (Å²) in [5, 5.41) is 24.7. The highest BCUT2D eigenvalue weighted by Crippen LogP contribution is 2.16. The monoisotopic (exact) mass is 355 g/mol. The molecule has 0 saturated carbocycles. The molecule has 1 rings (SSSR count). The van der Waals surface area contributed by atoms with Gasteiger partial charge < -0.3 is 25.3 Å². The minimum absolute atomic E-state index is 0.110. The Bertz CT molecular complexity index is 535. The molecule has 0 aliphatic heterocycles. The molecule has 0 bridgehead atoms. The second-order valence-electron chi connectivity index (χ2n) is 5.76. The number of aliphatic hydroxyl groups is 1. The van der Waals surface area contributed by atoms with Crippen LogP contribution in [0.2, 0.25) is 0 Å². The van der Waals surface area contributed by atoms with Crippen LogP contribution in [0.25, 0.3) is 0 Å². The molecule has 0 aliphatic rings. The molecule has 0 aliphatic carbocycles. The normalized spacial score (nSPS) is 11.8. The van der Waals surface area contributed by atoms with Crippen molar-refractivity contribution in [1.29, 1.82) is 0 Å². The number of amides is 1. The maximum atomic E-state index is 11.7. The van der Waals surface area contributed by atoms with Gasteiger partial charge in [0.05, 0.1) is 6.61 Å². The van der Waals surface area contributed by atoms with E-state index in [1.54, 1.807) is 24.3 Å². The molecule has 0 spiro atoms. The number of anilines is 1. The zero-order chi connectivity index (χ0) is 18.7. The SMILES string of the molecule is CC(C)NCC(O)COc1ccc(NC(=O)CCCO[N+](=O)[O-])cc1. The Hall–Kier alpha value is -2.39. The van der Waals surface area contributed by atoms with Crippen molar-refractivity contribution in [3.05, 3.63) is 34.4 Å². The summed E-state index contributed by atoms with van der Waals surface area (Å²) < 4.78 is 5.48. The fourth-order valence-electron chi connectivity index (χ4n) is 1.85. The molecule has 0 heterocycles. The van der Waals surface area contributed by atoms with Crippen LogP contribution >= 0.6 is 0 Å². The molecular weight excluding hydrogens is 330 g/mol. The van der Waals surface area contributed by atoms with Crippen LogP contribution in [0, 0.1) is 10.1 Å². The lowest BCUT2D eigenvalue weighted by Gasteiger charge is -2.15. The molecule has 25 heavy (non-hydrogen) atoms. The van der Waals surface area contributed by atoms with Crippen molar-refractivity contribution < 1.29 is 24.6 Å². The number of nitrogens with zero attached hydrogens (tertiary/aromatic N) is 1. The number of carbonyl (C=O) groups is 1. The standard InChI is InChI=1S/C16H25N3O6/c1-12(2)17-10-14(20)11-24-15-7-5-13(6-8-15)18-16(21)4-3-9-25-19(22)23/h5-8,12,14,17,20H,3-4,9-11H2,1-2H3,(H,18,21). The highest BCUT2D eigenvalue weighted by Gasteiger charge is 2.07. The van der Waals surface area contributed by atoms with E-state index in [-0.39, 0.29) is 32.0 Å². The lowest BCUT2D eigenvalue weighted by molar-refractivity contribution is -0.757. The molecule has 0 saturated heterocycles. The number of nitrogens with one attached hydrogen (secondary N) is 2. The molecule has 1 unspecified atom stereocenters. The van der Waals surface area contributed by atoms with Crippen LogP contribution in [0.4, 0.5) is 5.69 Å². The van der Waals surface area contributed by atoms with E-state index in [0.29, 0.717) is 24.0 Å². The van der Waals surface area contributed by atoms with Crippen molar-refractivity contribution >= 4 is 11.6 Å². The van der Waals surface area contributed by atoms with Gasteiger partial charge in [-0.15, -0.1) is 10.1 Å². The first-order valence-electron chi connectivity index (χ1n) is 8.08. The Morgan fingerprint density at radius 1 is 1.32 bits per heavy atom. The smallest absolute Gasteiger partial charge is 0.294 e. The van der Waals surface area contributed by atoms with E-state index in [9.17, 15) is 20.0 Å².